The van der Waals surface area contributed by atoms with Crippen molar-refractivity contribution in [3.63, 3.8) is 0 Å². The third kappa shape index (κ3) is 5.62. The number of nitrogens with one attached hydrogen (secondary N) is 2. The number of guanidine groups is 1. The maximum Gasteiger partial charge on any atom is 0.191 e. The van der Waals surface area contributed by atoms with Gasteiger partial charge in [-0.2, -0.15) is 0 Å². The van der Waals surface area contributed by atoms with Crippen molar-refractivity contribution in [2.45, 2.75) is 17.9 Å². The Morgan fingerprint density at radius 1 is 1.15 bits per heavy atom. The number of aliphatic imine (C=N–C) groups is 1. The van der Waals surface area contributed by atoms with Crippen molar-refractivity contribution < 1.29 is 8.42 Å². The normalized spacial score (nSPS) is 13.3. The van der Waals surface area contributed by atoms with Crippen LogP contribution in [0, 0.1) is 0 Å². The fourth-order valence-corrected chi connectivity index (χ4v) is 4.13. The molecule has 1 atom stereocenters. The van der Waals surface area contributed by atoms with Gasteiger partial charge >= 0.3 is 0 Å². The van der Waals surface area contributed by atoms with E-state index >= 15 is 0 Å². The van der Waals surface area contributed by atoms with Crippen LogP contribution in [0.3, 0.4) is 0 Å². The molecule has 8 heteroatoms. The number of hydrogen-bond donors (Lipinski definition) is 2. The highest BCUT2D eigenvalue weighted by Crippen LogP contribution is 2.25. The molecule has 0 aromatic heterocycles. The van der Waals surface area contributed by atoms with Gasteiger partial charge in [0.1, 0.15) is 0 Å². The van der Waals surface area contributed by atoms with Crippen molar-refractivity contribution in [3.8, 4) is 0 Å². The number of benzene rings is 2. The Labute approximate surface area is 164 Å². The summed E-state index contributed by atoms with van der Waals surface area (Å²) in [5.74, 6) is 0.458. The van der Waals surface area contributed by atoms with E-state index in [2.05, 4.69) is 15.6 Å². The summed E-state index contributed by atoms with van der Waals surface area (Å²) >= 11 is 12.1. The van der Waals surface area contributed by atoms with Gasteiger partial charge in [0.05, 0.1) is 16.7 Å². The first-order valence-corrected chi connectivity index (χ1v) is 10.4. The molecule has 2 aromatic carbocycles. The minimum absolute atomic E-state index is 0.0339. The van der Waals surface area contributed by atoms with Crippen molar-refractivity contribution in [2.75, 3.05) is 19.3 Å². The largest absolute Gasteiger partial charge is 0.355 e. The highest BCUT2D eigenvalue weighted by Gasteiger charge is 2.15. The Hall–Kier alpha value is -1.76. The molecule has 0 aliphatic rings. The van der Waals surface area contributed by atoms with E-state index in [-0.39, 0.29) is 18.3 Å². The topological polar surface area (TPSA) is 70.6 Å². The molecule has 1 unspecified atom stereocenters. The van der Waals surface area contributed by atoms with Gasteiger partial charge < -0.3 is 10.6 Å². The summed E-state index contributed by atoms with van der Waals surface area (Å²) in [4.78, 5) is 4.43. The van der Waals surface area contributed by atoms with Gasteiger partial charge in [0.15, 0.2) is 15.8 Å². The number of sulfone groups is 1. The van der Waals surface area contributed by atoms with E-state index in [0.717, 1.165) is 5.56 Å². The zero-order valence-corrected chi connectivity index (χ0v) is 16.9. The van der Waals surface area contributed by atoms with Crippen molar-refractivity contribution in [1.82, 2.24) is 10.6 Å². The molecule has 0 saturated carbocycles. The summed E-state index contributed by atoms with van der Waals surface area (Å²) in [7, 11) is -1.72. The van der Waals surface area contributed by atoms with Crippen LogP contribution in [0.5, 0.6) is 0 Å². The van der Waals surface area contributed by atoms with Crippen LogP contribution in [0.15, 0.2) is 58.4 Å². The van der Waals surface area contributed by atoms with Gasteiger partial charge in [0.2, 0.25) is 0 Å². The molecule has 0 radical (unpaired) electrons. The predicted octanol–water partition coefficient (Wildman–Crippen LogP) is 3.69. The summed E-state index contributed by atoms with van der Waals surface area (Å²) in [6.45, 7) is 2.17. The van der Waals surface area contributed by atoms with E-state index < -0.39 is 9.84 Å². The van der Waals surface area contributed by atoms with E-state index in [0.29, 0.717) is 20.9 Å². The van der Waals surface area contributed by atoms with Gasteiger partial charge in [0.25, 0.3) is 0 Å². The molecule has 0 aliphatic heterocycles. The summed E-state index contributed by atoms with van der Waals surface area (Å²) < 4.78 is 24.6. The molecule has 2 rings (SSSR count). The lowest BCUT2D eigenvalue weighted by molar-refractivity contribution is 0.594. The number of hydrogen-bond acceptors (Lipinski definition) is 3. The van der Waals surface area contributed by atoms with Crippen LogP contribution in [0.25, 0.3) is 0 Å². The molecule has 5 nitrogen and oxygen atoms in total. The molecule has 0 saturated heterocycles. The number of halogens is 2. The first-order valence-electron chi connectivity index (χ1n) is 8.03. The van der Waals surface area contributed by atoms with Crippen molar-refractivity contribution in [1.29, 1.82) is 0 Å². The predicted molar refractivity (Wildman–Crippen MR) is 108 cm³/mol. The first kappa shape index (κ1) is 20.6. The average Bonchev–Trinajstić information content (AvgIpc) is 2.61. The van der Waals surface area contributed by atoms with E-state index in [9.17, 15) is 8.42 Å². The minimum Gasteiger partial charge on any atom is -0.355 e. The quantitative estimate of drug-likeness (QED) is 0.559. The van der Waals surface area contributed by atoms with Crippen molar-refractivity contribution in [3.05, 3.63) is 64.1 Å². The Balaban J connectivity index is 1.94. The summed E-state index contributed by atoms with van der Waals surface area (Å²) in [5, 5.41) is 7.33. The van der Waals surface area contributed by atoms with Gasteiger partial charge in [0, 0.05) is 23.6 Å². The molecular weight excluding hydrogens is 393 g/mol. The maximum absolute atomic E-state index is 12.3. The SMILES string of the molecule is CN=C(NCCS(=O)(=O)c1ccccc1)NC(C)c1ccc(Cl)cc1Cl. The fraction of sp³-hybridized carbons (Fsp3) is 0.278. The van der Waals surface area contributed by atoms with E-state index in [1.807, 2.05) is 13.0 Å². The summed E-state index contributed by atoms with van der Waals surface area (Å²) in [6.07, 6.45) is 0. The summed E-state index contributed by atoms with van der Waals surface area (Å²) in [5.41, 5.74) is 0.871. The second kappa shape index (κ2) is 9.26. The second-order valence-electron chi connectivity index (χ2n) is 5.66. The average molecular weight is 414 g/mol. The first-order chi connectivity index (χ1) is 12.3. The zero-order chi connectivity index (χ0) is 19.2. The van der Waals surface area contributed by atoms with Gasteiger partial charge in [-0.05, 0) is 36.8 Å². The van der Waals surface area contributed by atoms with Gasteiger partial charge in [-0.15, -0.1) is 0 Å². The van der Waals surface area contributed by atoms with Gasteiger partial charge in [-0.1, -0.05) is 47.5 Å². The maximum atomic E-state index is 12.3. The Bertz CT molecular complexity index is 871. The molecule has 0 bridgehead atoms. The molecule has 0 amide bonds. The standard InChI is InChI=1S/C18H21Cl2N3O2S/c1-13(16-9-8-14(19)12-17(16)20)23-18(21-2)22-10-11-26(24,25)15-6-4-3-5-7-15/h3-9,12-13H,10-11H2,1-2H3,(H2,21,22,23). The van der Waals surface area contributed by atoms with Gasteiger partial charge in [-0.3, -0.25) is 4.99 Å². The molecule has 0 spiro atoms. The lowest BCUT2D eigenvalue weighted by atomic mass is 10.1. The monoisotopic (exact) mass is 413 g/mol. The Morgan fingerprint density at radius 3 is 2.46 bits per heavy atom. The Morgan fingerprint density at radius 2 is 1.85 bits per heavy atom. The van der Waals surface area contributed by atoms with E-state index in [1.165, 1.54) is 0 Å². The lowest BCUT2D eigenvalue weighted by Crippen LogP contribution is -2.40. The van der Waals surface area contributed by atoms with Crippen molar-refractivity contribution >= 4 is 39.0 Å². The molecule has 0 heterocycles. The number of rotatable bonds is 6. The van der Waals surface area contributed by atoms with Crippen LogP contribution in [0.2, 0.25) is 10.0 Å². The van der Waals surface area contributed by atoms with Crippen LogP contribution in [-0.4, -0.2) is 33.7 Å². The van der Waals surface area contributed by atoms with Crippen LogP contribution in [-0.2, 0) is 9.84 Å². The van der Waals surface area contributed by atoms with Crippen LogP contribution >= 0.6 is 23.2 Å². The van der Waals surface area contributed by atoms with E-state index in [4.69, 9.17) is 23.2 Å². The third-order valence-corrected chi connectivity index (χ3v) is 6.07. The minimum atomic E-state index is -3.34. The molecular formula is C18H21Cl2N3O2S. The zero-order valence-electron chi connectivity index (χ0n) is 14.5. The van der Waals surface area contributed by atoms with Gasteiger partial charge in [-0.25, -0.2) is 8.42 Å². The second-order valence-corrected chi connectivity index (χ2v) is 8.62. The van der Waals surface area contributed by atoms with Crippen LogP contribution in [0.1, 0.15) is 18.5 Å². The molecule has 0 aliphatic carbocycles. The molecule has 2 N–H and O–H groups in total. The number of nitrogens with zero attached hydrogens (tertiary/aromatic N) is 1. The van der Waals surface area contributed by atoms with Crippen LogP contribution in [0.4, 0.5) is 0 Å². The molecule has 0 fully saturated rings. The van der Waals surface area contributed by atoms with Crippen molar-refractivity contribution in [2.24, 2.45) is 4.99 Å². The smallest absolute Gasteiger partial charge is 0.191 e. The van der Waals surface area contributed by atoms with E-state index in [1.54, 1.807) is 49.5 Å². The van der Waals surface area contributed by atoms with Crippen LogP contribution < -0.4 is 10.6 Å². The third-order valence-electron chi connectivity index (χ3n) is 3.77. The fourth-order valence-electron chi connectivity index (χ4n) is 2.38. The summed E-state index contributed by atoms with van der Waals surface area (Å²) in [6, 6.07) is 13.5. The highest BCUT2D eigenvalue weighted by atomic mass is 35.5. The Kier molecular flexibility index (Phi) is 7.32. The molecule has 26 heavy (non-hydrogen) atoms. The highest BCUT2D eigenvalue weighted by molar-refractivity contribution is 7.91. The lowest BCUT2D eigenvalue weighted by Gasteiger charge is -2.19. The molecule has 140 valence electrons. The molecule has 2 aromatic rings.